The molecule has 0 aliphatic carbocycles. The summed E-state index contributed by atoms with van der Waals surface area (Å²) in [5, 5.41) is 10.3. The number of amides is 1. The summed E-state index contributed by atoms with van der Waals surface area (Å²) in [4.78, 5) is 19.1. The fourth-order valence-electron chi connectivity index (χ4n) is 3.83. The van der Waals surface area contributed by atoms with Crippen molar-refractivity contribution in [1.82, 2.24) is 24.6 Å². The van der Waals surface area contributed by atoms with Crippen LogP contribution in [0.2, 0.25) is 5.02 Å². The van der Waals surface area contributed by atoms with Gasteiger partial charge in [0.25, 0.3) is 5.91 Å². The van der Waals surface area contributed by atoms with Crippen LogP contribution in [0.15, 0.2) is 78.2 Å². The first-order valence-corrected chi connectivity index (χ1v) is 12.3. The summed E-state index contributed by atoms with van der Waals surface area (Å²) in [6.07, 6.45) is 3.46. The number of pyridine rings is 1. The Balaban J connectivity index is 1.46. The van der Waals surface area contributed by atoms with Gasteiger partial charge in [-0.2, -0.15) is 0 Å². The third-order valence-electron chi connectivity index (χ3n) is 5.54. The van der Waals surface area contributed by atoms with Gasteiger partial charge in [-0.1, -0.05) is 47.6 Å². The maximum atomic E-state index is 13.2. The number of benzene rings is 2. The molecule has 0 N–H and O–H groups in total. The number of nitrogens with zero attached hydrogens (tertiary/aromatic N) is 5. The molecule has 7 nitrogen and oxygen atoms in total. The molecule has 2 aromatic heterocycles. The van der Waals surface area contributed by atoms with Crippen molar-refractivity contribution in [3.05, 3.63) is 89.2 Å². The van der Waals surface area contributed by atoms with Gasteiger partial charge in [-0.25, -0.2) is 0 Å². The summed E-state index contributed by atoms with van der Waals surface area (Å²) in [5.41, 5.74) is 3.43. The monoisotopic (exact) mass is 491 g/mol. The van der Waals surface area contributed by atoms with Crippen molar-refractivity contribution in [1.29, 1.82) is 0 Å². The van der Waals surface area contributed by atoms with Gasteiger partial charge in [0.2, 0.25) is 0 Å². The molecule has 0 atom stereocenters. The van der Waals surface area contributed by atoms with Gasteiger partial charge < -0.3 is 9.64 Å². The molecule has 3 heterocycles. The number of carbonyl (C=O) groups excluding carboxylic acids is 1. The lowest BCUT2D eigenvalue weighted by molar-refractivity contribution is 0.0302. The van der Waals surface area contributed by atoms with E-state index >= 15 is 0 Å². The fourth-order valence-corrected chi connectivity index (χ4v) is 4.97. The summed E-state index contributed by atoms with van der Waals surface area (Å²) in [6.45, 7) is 2.36. The van der Waals surface area contributed by atoms with E-state index in [-0.39, 0.29) is 5.91 Å². The van der Waals surface area contributed by atoms with Crippen LogP contribution in [0.3, 0.4) is 0 Å². The second-order valence-corrected chi connectivity index (χ2v) is 9.09. The molecule has 172 valence electrons. The van der Waals surface area contributed by atoms with Crippen LogP contribution >= 0.6 is 23.4 Å². The topological polar surface area (TPSA) is 73.1 Å². The van der Waals surface area contributed by atoms with Gasteiger partial charge in [0.15, 0.2) is 11.0 Å². The zero-order chi connectivity index (χ0) is 23.3. The Morgan fingerprint density at radius 1 is 1.00 bits per heavy atom. The number of morpholine rings is 1. The minimum absolute atomic E-state index is 0.0354. The van der Waals surface area contributed by atoms with Crippen molar-refractivity contribution in [2.45, 2.75) is 10.9 Å². The number of rotatable bonds is 6. The van der Waals surface area contributed by atoms with E-state index in [4.69, 9.17) is 16.3 Å². The fraction of sp³-hybridized carbons (Fsp3) is 0.200. The zero-order valence-corrected chi connectivity index (χ0v) is 19.9. The Labute approximate surface area is 206 Å². The smallest absolute Gasteiger partial charge is 0.254 e. The highest BCUT2D eigenvalue weighted by Gasteiger charge is 2.22. The molecule has 0 bridgehead atoms. The summed E-state index contributed by atoms with van der Waals surface area (Å²) >= 11 is 7.82. The van der Waals surface area contributed by atoms with Gasteiger partial charge in [0.05, 0.1) is 18.9 Å². The highest BCUT2D eigenvalue weighted by atomic mass is 35.5. The molecule has 34 heavy (non-hydrogen) atoms. The highest BCUT2D eigenvalue weighted by Crippen LogP contribution is 2.31. The van der Waals surface area contributed by atoms with E-state index in [0.29, 0.717) is 53.6 Å². The predicted molar refractivity (Wildman–Crippen MR) is 132 cm³/mol. The Hall–Kier alpha value is -3.20. The lowest BCUT2D eigenvalue weighted by Crippen LogP contribution is -2.41. The maximum absolute atomic E-state index is 13.2. The third-order valence-corrected chi connectivity index (χ3v) is 6.75. The van der Waals surface area contributed by atoms with Crippen LogP contribution in [0.1, 0.15) is 15.9 Å². The summed E-state index contributed by atoms with van der Waals surface area (Å²) in [5.74, 6) is 1.31. The van der Waals surface area contributed by atoms with Crippen LogP contribution in [0.25, 0.3) is 17.1 Å². The van der Waals surface area contributed by atoms with E-state index in [0.717, 1.165) is 16.8 Å². The first kappa shape index (κ1) is 22.6. The summed E-state index contributed by atoms with van der Waals surface area (Å²) < 4.78 is 7.38. The number of hydrogen-bond donors (Lipinski definition) is 0. The second kappa shape index (κ2) is 10.4. The Morgan fingerprint density at radius 3 is 2.59 bits per heavy atom. The maximum Gasteiger partial charge on any atom is 0.254 e. The van der Waals surface area contributed by atoms with Crippen molar-refractivity contribution in [2.24, 2.45) is 0 Å². The normalized spacial score (nSPS) is 13.7. The molecule has 0 saturated carbocycles. The highest BCUT2D eigenvalue weighted by molar-refractivity contribution is 7.98. The summed E-state index contributed by atoms with van der Waals surface area (Å²) in [7, 11) is 0. The van der Waals surface area contributed by atoms with Gasteiger partial charge in [-0.05, 0) is 42.0 Å². The molecule has 1 aliphatic heterocycles. The first-order chi connectivity index (χ1) is 16.7. The van der Waals surface area contributed by atoms with Gasteiger partial charge >= 0.3 is 0 Å². The molecule has 1 aliphatic rings. The van der Waals surface area contributed by atoms with E-state index in [9.17, 15) is 4.79 Å². The van der Waals surface area contributed by atoms with E-state index in [1.54, 1.807) is 12.4 Å². The molecule has 1 fully saturated rings. The van der Waals surface area contributed by atoms with Gasteiger partial charge in [0, 0.05) is 47.4 Å². The lowest BCUT2D eigenvalue weighted by Gasteiger charge is -2.27. The van der Waals surface area contributed by atoms with Crippen molar-refractivity contribution in [3.63, 3.8) is 0 Å². The number of thioether (sulfide) groups is 1. The minimum Gasteiger partial charge on any atom is -0.378 e. The molecule has 0 spiro atoms. The minimum atomic E-state index is 0.0354. The Kier molecular flexibility index (Phi) is 6.89. The van der Waals surface area contributed by atoms with Crippen molar-refractivity contribution in [3.8, 4) is 17.1 Å². The Bertz CT molecular complexity index is 1290. The van der Waals surface area contributed by atoms with Crippen molar-refractivity contribution in [2.75, 3.05) is 26.3 Å². The third kappa shape index (κ3) is 4.84. The van der Waals surface area contributed by atoms with Crippen LogP contribution in [0.5, 0.6) is 0 Å². The van der Waals surface area contributed by atoms with Crippen LogP contribution in [0.4, 0.5) is 0 Å². The van der Waals surface area contributed by atoms with Crippen molar-refractivity contribution >= 4 is 29.3 Å². The van der Waals surface area contributed by atoms with E-state index in [1.807, 2.05) is 70.1 Å². The molecule has 4 aromatic rings. The predicted octanol–water partition coefficient (Wildman–Crippen LogP) is 4.75. The number of aromatic nitrogens is 4. The molecule has 0 unspecified atom stereocenters. The molecule has 1 saturated heterocycles. The Morgan fingerprint density at radius 2 is 1.79 bits per heavy atom. The molecular weight excluding hydrogens is 470 g/mol. The van der Waals surface area contributed by atoms with E-state index < -0.39 is 0 Å². The van der Waals surface area contributed by atoms with Gasteiger partial charge in [-0.15, -0.1) is 10.2 Å². The van der Waals surface area contributed by atoms with Crippen LogP contribution < -0.4 is 0 Å². The van der Waals surface area contributed by atoms with Crippen LogP contribution in [-0.2, 0) is 10.5 Å². The van der Waals surface area contributed by atoms with E-state index in [1.165, 1.54) is 11.8 Å². The standard InChI is InChI=1S/C25H22ClN5O2S/c26-20-5-3-6-21(16-20)31-23(18-8-10-27-11-9-18)28-29-25(31)34-17-19-4-1-2-7-22(19)24(32)30-12-14-33-15-13-30/h1-11,16H,12-15,17H2. The van der Waals surface area contributed by atoms with Crippen LogP contribution in [0, 0.1) is 0 Å². The van der Waals surface area contributed by atoms with Crippen molar-refractivity contribution < 1.29 is 9.53 Å². The van der Waals surface area contributed by atoms with Crippen LogP contribution in [-0.4, -0.2) is 56.9 Å². The number of hydrogen-bond acceptors (Lipinski definition) is 6. The van der Waals surface area contributed by atoms with Gasteiger partial charge in [-0.3, -0.25) is 14.3 Å². The first-order valence-electron chi connectivity index (χ1n) is 10.9. The number of halogens is 1. The number of ether oxygens (including phenoxy) is 1. The van der Waals surface area contributed by atoms with Gasteiger partial charge in [0.1, 0.15) is 0 Å². The second-order valence-electron chi connectivity index (χ2n) is 7.71. The summed E-state index contributed by atoms with van der Waals surface area (Å²) in [6, 6.07) is 19.1. The molecule has 9 heteroatoms. The SMILES string of the molecule is O=C(c1ccccc1CSc1nnc(-c2ccncc2)n1-c1cccc(Cl)c1)N1CCOCC1. The zero-order valence-electron chi connectivity index (χ0n) is 18.3. The molecule has 1 amide bonds. The molecular formula is C25H22ClN5O2S. The number of carbonyl (C=O) groups is 1. The molecule has 5 rings (SSSR count). The molecule has 2 aromatic carbocycles. The lowest BCUT2D eigenvalue weighted by atomic mass is 10.1. The largest absolute Gasteiger partial charge is 0.378 e. The quantitative estimate of drug-likeness (QED) is 0.362. The molecule has 0 radical (unpaired) electrons. The van der Waals surface area contributed by atoms with E-state index in [2.05, 4.69) is 15.2 Å². The average Bonchev–Trinajstić information content (AvgIpc) is 3.32. The average molecular weight is 492 g/mol.